The summed E-state index contributed by atoms with van der Waals surface area (Å²) in [7, 11) is 0. The first-order chi connectivity index (χ1) is 21.2. The summed E-state index contributed by atoms with van der Waals surface area (Å²) in [5.41, 5.74) is 5.46. The molecule has 3 aromatic carbocycles. The minimum Gasteiger partial charge on any atom is -0.379 e. The van der Waals surface area contributed by atoms with E-state index in [1.165, 1.54) is 24.8 Å². The molecule has 1 saturated carbocycles. The molecule has 2 N–H and O–H groups in total. The molecule has 1 aliphatic carbocycles. The van der Waals surface area contributed by atoms with Gasteiger partial charge in [-0.15, -0.1) is 0 Å². The fraction of sp³-hybridized carbons (Fsp3) is 0.389. The number of hydrogen-bond donors (Lipinski definition) is 2. The highest BCUT2D eigenvalue weighted by atomic mass is 16.5. The molecule has 2 aliphatic heterocycles. The number of amides is 2. The topological polar surface area (TPSA) is 69.7 Å². The number of ether oxygens (including phenoxy) is 1. The zero-order valence-electron chi connectivity index (χ0n) is 24.8. The van der Waals surface area contributed by atoms with Crippen LogP contribution in [0.15, 0.2) is 85.1 Å². The van der Waals surface area contributed by atoms with Gasteiger partial charge in [-0.3, -0.25) is 14.8 Å². The van der Waals surface area contributed by atoms with E-state index in [9.17, 15) is 4.79 Å². The Balaban J connectivity index is 1.00. The SMILES string of the molecule is O=C(Nc1ccc(-c2ccc(CN3CCOCC3)nc2)c2ccccc12)NC1CC1C1CCCCN1Cc1ccccc1. The first kappa shape index (κ1) is 28.0. The number of likely N-dealkylation sites (tertiary alicyclic amines) is 1. The molecule has 1 aromatic heterocycles. The lowest BCUT2D eigenvalue weighted by molar-refractivity contribution is 0.0336. The first-order valence-electron chi connectivity index (χ1n) is 15.8. The third-order valence-electron chi connectivity index (χ3n) is 9.34. The number of nitrogens with zero attached hydrogens (tertiary/aromatic N) is 3. The van der Waals surface area contributed by atoms with Crippen molar-refractivity contribution in [3.63, 3.8) is 0 Å². The van der Waals surface area contributed by atoms with Crippen molar-refractivity contribution in [2.75, 3.05) is 38.2 Å². The Morgan fingerprint density at radius 1 is 0.860 bits per heavy atom. The summed E-state index contributed by atoms with van der Waals surface area (Å²) >= 11 is 0. The average molecular weight is 576 g/mol. The van der Waals surface area contributed by atoms with E-state index < -0.39 is 0 Å². The minimum absolute atomic E-state index is 0.120. The van der Waals surface area contributed by atoms with Crippen molar-refractivity contribution >= 4 is 22.5 Å². The fourth-order valence-corrected chi connectivity index (χ4v) is 6.97. The summed E-state index contributed by atoms with van der Waals surface area (Å²) in [6.07, 6.45) is 6.77. The van der Waals surface area contributed by atoms with E-state index in [0.717, 1.165) is 85.6 Å². The molecular formula is C36H41N5O2. The average Bonchev–Trinajstić information content (AvgIpc) is 3.81. The van der Waals surface area contributed by atoms with Crippen LogP contribution in [0.5, 0.6) is 0 Å². The van der Waals surface area contributed by atoms with Crippen LogP contribution in [0.1, 0.15) is 36.9 Å². The second-order valence-electron chi connectivity index (χ2n) is 12.3. The molecule has 4 aromatic rings. The number of nitrogens with one attached hydrogen (secondary N) is 2. The molecule has 0 radical (unpaired) electrons. The van der Waals surface area contributed by atoms with E-state index >= 15 is 0 Å². The standard InChI is InChI=1S/C36H41N5O2/c42-36(39-34-22-32(34)35-12-6-7-17-41(35)24-26-8-2-1-3-9-26)38-33-16-15-29(30-10-4-5-11-31(30)33)27-13-14-28(37-23-27)25-40-18-20-43-21-19-40/h1-5,8-11,13-16,23,32,34-35H,6-7,12,17-22,24-25H2,(H2,38,39,42). The third kappa shape index (κ3) is 6.59. The van der Waals surface area contributed by atoms with Crippen molar-refractivity contribution in [2.24, 2.45) is 5.92 Å². The van der Waals surface area contributed by atoms with Gasteiger partial charge in [0, 0.05) is 55.4 Å². The lowest BCUT2D eigenvalue weighted by Crippen LogP contribution is -2.42. The van der Waals surface area contributed by atoms with E-state index in [0.29, 0.717) is 12.0 Å². The Bertz CT molecular complexity index is 1540. The Morgan fingerprint density at radius 3 is 2.49 bits per heavy atom. The second-order valence-corrected chi connectivity index (χ2v) is 12.3. The van der Waals surface area contributed by atoms with E-state index in [1.807, 2.05) is 18.3 Å². The van der Waals surface area contributed by atoms with Gasteiger partial charge in [0.25, 0.3) is 0 Å². The number of anilines is 1. The molecule has 2 amide bonds. The number of carbonyl (C=O) groups excluding carboxylic acids is 1. The predicted molar refractivity (Wildman–Crippen MR) is 172 cm³/mol. The monoisotopic (exact) mass is 575 g/mol. The van der Waals surface area contributed by atoms with E-state index in [-0.39, 0.29) is 12.1 Å². The zero-order valence-corrected chi connectivity index (χ0v) is 24.8. The van der Waals surface area contributed by atoms with Gasteiger partial charge in [-0.2, -0.15) is 0 Å². The molecule has 0 bridgehead atoms. The number of rotatable bonds is 8. The van der Waals surface area contributed by atoms with E-state index in [1.54, 1.807) is 0 Å². The number of benzene rings is 3. The number of hydrogen-bond acceptors (Lipinski definition) is 5. The van der Waals surface area contributed by atoms with Crippen molar-refractivity contribution in [2.45, 2.75) is 50.9 Å². The highest BCUT2D eigenvalue weighted by Gasteiger charge is 2.46. The summed E-state index contributed by atoms with van der Waals surface area (Å²) < 4.78 is 5.47. The molecule has 3 atom stereocenters. The number of piperidine rings is 1. The summed E-state index contributed by atoms with van der Waals surface area (Å²) in [6, 6.07) is 28.1. The summed E-state index contributed by atoms with van der Waals surface area (Å²) in [5, 5.41) is 8.59. The smallest absolute Gasteiger partial charge is 0.319 e. The van der Waals surface area contributed by atoms with Gasteiger partial charge in [0.2, 0.25) is 0 Å². The minimum atomic E-state index is -0.120. The van der Waals surface area contributed by atoms with Crippen LogP contribution >= 0.6 is 0 Å². The first-order valence-corrected chi connectivity index (χ1v) is 15.8. The Morgan fingerprint density at radius 2 is 1.67 bits per heavy atom. The van der Waals surface area contributed by atoms with Gasteiger partial charge < -0.3 is 15.4 Å². The van der Waals surface area contributed by atoms with Crippen LogP contribution in [0, 0.1) is 5.92 Å². The van der Waals surface area contributed by atoms with Crippen LogP contribution < -0.4 is 10.6 Å². The van der Waals surface area contributed by atoms with Gasteiger partial charge >= 0.3 is 6.03 Å². The number of urea groups is 1. The summed E-state index contributed by atoms with van der Waals surface area (Å²) in [5.74, 6) is 0.521. The molecule has 3 heterocycles. The van der Waals surface area contributed by atoms with Gasteiger partial charge in [-0.05, 0) is 60.4 Å². The second kappa shape index (κ2) is 12.8. The fourth-order valence-electron chi connectivity index (χ4n) is 6.97. The van der Waals surface area contributed by atoms with Gasteiger partial charge in [-0.1, -0.05) is 73.2 Å². The number of pyridine rings is 1. The lowest BCUT2D eigenvalue weighted by atomic mass is 9.97. The predicted octanol–water partition coefficient (Wildman–Crippen LogP) is 6.30. The molecule has 7 nitrogen and oxygen atoms in total. The molecule has 3 aliphatic rings. The summed E-state index contributed by atoms with van der Waals surface area (Å²) in [4.78, 5) is 23.0. The lowest BCUT2D eigenvalue weighted by Gasteiger charge is -2.36. The van der Waals surface area contributed by atoms with Gasteiger partial charge in [0.05, 0.1) is 24.6 Å². The van der Waals surface area contributed by atoms with Crippen molar-refractivity contribution < 1.29 is 9.53 Å². The largest absolute Gasteiger partial charge is 0.379 e. The molecule has 0 spiro atoms. The van der Waals surface area contributed by atoms with Crippen molar-refractivity contribution in [3.05, 3.63) is 96.3 Å². The van der Waals surface area contributed by atoms with Crippen LogP contribution in [0.4, 0.5) is 10.5 Å². The Labute approximate surface area is 254 Å². The molecule has 2 saturated heterocycles. The molecular weight excluding hydrogens is 534 g/mol. The normalized spacial score (nSPS) is 22.7. The van der Waals surface area contributed by atoms with Gasteiger partial charge in [0.15, 0.2) is 0 Å². The molecule has 222 valence electrons. The highest BCUT2D eigenvalue weighted by molar-refractivity contribution is 6.07. The molecule has 3 unspecified atom stereocenters. The third-order valence-corrected chi connectivity index (χ3v) is 9.34. The van der Waals surface area contributed by atoms with Gasteiger partial charge in [-0.25, -0.2) is 4.79 Å². The van der Waals surface area contributed by atoms with Crippen molar-refractivity contribution in [3.8, 4) is 11.1 Å². The number of aromatic nitrogens is 1. The van der Waals surface area contributed by atoms with Gasteiger partial charge in [0.1, 0.15) is 0 Å². The highest BCUT2D eigenvalue weighted by Crippen LogP contribution is 2.41. The Hall–Kier alpha value is -3.78. The van der Waals surface area contributed by atoms with Crippen LogP contribution in [-0.4, -0.2) is 65.7 Å². The zero-order chi connectivity index (χ0) is 29.0. The maximum atomic E-state index is 13.2. The molecule has 3 fully saturated rings. The number of carbonyl (C=O) groups is 1. The van der Waals surface area contributed by atoms with E-state index in [4.69, 9.17) is 9.72 Å². The van der Waals surface area contributed by atoms with E-state index in [2.05, 4.69) is 87.2 Å². The van der Waals surface area contributed by atoms with Crippen molar-refractivity contribution in [1.29, 1.82) is 0 Å². The van der Waals surface area contributed by atoms with Crippen LogP contribution in [0.2, 0.25) is 0 Å². The number of morpholine rings is 1. The Kier molecular flexibility index (Phi) is 8.36. The molecule has 7 rings (SSSR count). The molecule has 7 heteroatoms. The van der Waals surface area contributed by atoms with Crippen molar-refractivity contribution in [1.82, 2.24) is 20.1 Å². The van der Waals surface area contributed by atoms with Crippen LogP contribution in [0.25, 0.3) is 21.9 Å². The summed E-state index contributed by atoms with van der Waals surface area (Å²) in [6.45, 7) is 6.45. The number of fused-ring (bicyclic) bond motifs is 1. The maximum absolute atomic E-state index is 13.2. The van der Waals surface area contributed by atoms with Crippen LogP contribution in [0.3, 0.4) is 0 Å². The quantitative estimate of drug-likeness (QED) is 0.258. The van der Waals surface area contributed by atoms with Crippen LogP contribution in [-0.2, 0) is 17.8 Å². The molecule has 43 heavy (non-hydrogen) atoms. The maximum Gasteiger partial charge on any atom is 0.319 e.